The van der Waals surface area contributed by atoms with Gasteiger partial charge in [0.05, 0.1) is 48.3 Å². The molecular weight excluding hydrogens is 861 g/mol. The molecular formula is C53H76N8O7. The van der Waals surface area contributed by atoms with E-state index in [2.05, 4.69) is 77.1 Å². The SMILES string of the molecule is CCn1c(-c2cccnc2[C@H](C)OC)c2c3cc(ccc31)N1CCC[C@@H](C[C@H](NC(=O)[C@@H](COC3CN(C(=O)C#CC(C)(C)N(C)C)C3)C(C)C)C(=O)N3CCC[C@H](N3)C(=O)OCC(C)(C)C2)C1. The smallest absolute Gasteiger partial charge is 0.324 e. The Morgan fingerprint density at radius 2 is 1.82 bits per heavy atom. The maximum absolute atomic E-state index is 14.7. The normalized spacial score (nSPS) is 22.5. The summed E-state index contributed by atoms with van der Waals surface area (Å²) in [5, 5.41) is 5.88. The maximum atomic E-state index is 14.7. The van der Waals surface area contributed by atoms with Gasteiger partial charge in [-0.3, -0.25) is 34.1 Å². The molecule has 6 bridgehead atoms. The Kier molecular flexibility index (Phi) is 15.9. The van der Waals surface area contributed by atoms with Gasteiger partial charge in [0.15, 0.2) is 0 Å². The average Bonchev–Trinajstić information content (AvgIpc) is 3.60. The van der Waals surface area contributed by atoms with Crippen LogP contribution in [0.2, 0.25) is 0 Å². The average molecular weight is 937 g/mol. The number of anilines is 1. The lowest BCUT2D eigenvalue weighted by Crippen LogP contribution is -2.61. The van der Waals surface area contributed by atoms with Gasteiger partial charge in [0.2, 0.25) is 5.91 Å². The molecule has 0 spiro atoms. The van der Waals surface area contributed by atoms with E-state index in [4.69, 9.17) is 19.2 Å². The van der Waals surface area contributed by atoms with Gasteiger partial charge < -0.3 is 33.9 Å². The third kappa shape index (κ3) is 11.4. The number of hydrogen-bond acceptors (Lipinski definition) is 11. The molecule has 7 rings (SSSR count). The van der Waals surface area contributed by atoms with Crippen LogP contribution in [0.25, 0.3) is 22.2 Å². The number of aryl methyl sites for hydroxylation is 1. The Bertz CT molecular complexity index is 2380. The van der Waals surface area contributed by atoms with Crippen LogP contribution in [0.15, 0.2) is 36.5 Å². The van der Waals surface area contributed by atoms with Crippen LogP contribution < -0.4 is 15.6 Å². The van der Waals surface area contributed by atoms with Crippen LogP contribution in [0.5, 0.6) is 0 Å². The molecule has 0 radical (unpaired) electrons. The number of nitrogens with zero attached hydrogens (tertiary/aromatic N) is 6. The number of amides is 3. The largest absolute Gasteiger partial charge is 0.464 e. The highest BCUT2D eigenvalue weighted by Gasteiger charge is 2.39. The molecule has 370 valence electrons. The molecule has 15 nitrogen and oxygen atoms in total. The lowest BCUT2D eigenvalue weighted by Gasteiger charge is -2.39. The summed E-state index contributed by atoms with van der Waals surface area (Å²) in [5.41, 5.74) is 8.71. The van der Waals surface area contributed by atoms with E-state index in [0.717, 1.165) is 66.0 Å². The van der Waals surface area contributed by atoms with Crippen molar-refractivity contribution < 1.29 is 33.4 Å². The van der Waals surface area contributed by atoms with Gasteiger partial charge in [-0.25, -0.2) is 5.43 Å². The van der Waals surface area contributed by atoms with Gasteiger partial charge in [-0.1, -0.05) is 33.6 Å². The van der Waals surface area contributed by atoms with Gasteiger partial charge >= 0.3 is 5.97 Å². The zero-order valence-corrected chi connectivity index (χ0v) is 42.4. The molecule has 4 aliphatic rings. The van der Waals surface area contributed by atoms with Crippen molar-refractivity contribution in [3.8, 4) is 23.1 Å². The Hall–Kier alpha value is -5.01. The summed E-state index contributed by atoms with van der Waals surface area (Å²) >= 11 is 0. The number of aromatic nitrogens is 2. The van der Waals surface area contributed by atoms with Gasteiger partial charge in [-0.05, 0) is 134 Å². The van der Waals surface area contributed by atoms with Crippen LogP contribution in [-0.2, 0) is 46.4 Å². The first-order valence-corrected chi connectivity index (χ1v) is 24.8. The van der Waals surface area contributed by atoms with E-state index in [0.29, 0.717) is 45.3 Å². The molecule has 5 atom stereocenters. The van der Waals surface area contributed by atoms with Crippen LogP contribution in [0.3, 0.4) is 0 Å². The predicted molar refractivity (Wildman–Crippen MR) is 264 cm³/mol. The molecule has 68 heavy (non-hydrogen) atoms. The number of rotatable bonds is 11. The van der Waals surface area contributed by atoms with E-state index in [1.54, 1.807) is 12.0 Å². The van der Waals surface area contributed by atoms with Gasteiger partial charge in [-0.15, -0.1) is 0 Å². The number of methoxy groups -OCH3 is 1. The molecule has 0 saturated carbocycles. The van der Waals surface area contributed by atoms with E-state index in [9.17, 15) is 19.2 Å². The molecule has 3 amide bonds. The van der Waals surface area contributed by atoms with E-state index in [1.165, 1.54) is 10.6 Å². The zero-order chi connectivity index (χ0) is 49.1. The van der Waals surface area contributed by atoms with Crippen molar-refractivity contribution in [1.29, 1.82) is 0 Å². The second-order valence-electron chi connectivity index (χ2n) is 21.3. The fraction of sp³-hybridized carbons (Fsp3) is 0.642. The van der Waals surface area contributed by atoms with Crippen LogP contribution >= 0.6 is 0 Å². The van der Waals surface area contributed by atoms with Crippen molar-refractivity contribution in [2.75, 3.05) is 72.0 Å². The highest BCUT2D eigenvalue weighted by atomic mass is 16.5. The first kappa shape index (κ1) is 50.9. The number of benzene rings is 1. The van der Waals surface area contributed by atoms with E-state index >= 15 is 0 Å². The quantitative estimate of drug-likeness (QED) is 0.173. The Labute approximate surface area is 403 Å². The third-order valence-electron chi connectivity index (χ3n) is 14.7. The predicted octanol–water partition coefficient (Wildman–Crippen LogP) is 5.99. The monoisotopic (exact) mass is 937 g/mol. The lowest BCUT2D eigenvalue weighted by atomic mass is 9.84. The zero-order valence-electron chi connectivity index (χ0n) is 42.4. The van der Waals surface area contributed by atoms with Crippen LogP contribution in [0, 0.1) is 35.0 Å². The molecule has 2 aromatic heterocycles. The molecule has 3 saturated heterocycles. The van der Waals surface area contributed by atoms with Crippen LogP contribution in [0.1, 0.15) is 105 Å². The second kappa shape index (κ2) is 21.3. The fourth-order valence-corrected chi connectivity index (χ4v) is 9.92. The molecule has 6 heterocycles. The Morgan fingerprint density at radius 1 is 1.07 bits per heavy atom. The molecule has 1 aromatic carbocycles. The number of fused-ring (bicyclic) bond motifs is 6. The van der Waals surface area contributed by atoms with Crippen LogP contribution in [-0.4, -0.2) is 139 Å². The topological polar surface area (TPSA) is 151 Å². The van der Waals surface area contributed by atoms with E-state index < -0.39 is 34.9 Å². The molecule has 3 aromatic rings. The summed E-state index contributed by atoms with van der Waals surface area (Å²) in [4.78, 5) is 66.7. The minimum Gasteiger partial charge on any atom is -0.464 e. The minimum atomic E-state index is -0.839. The number of likely N-dealkylation sites (tertiary alicyclic amines) is 1. The molecule has 2 N–H and O–H groups in total. The van der Waals surface area contributed by atoms with Crippen molar-refractivity contribution in [2.45, 2.75) is 130 Å². The highest BCUT2D eigenvalue weighted by molar-refractivity contribution is 5.95. The number of pyridine rings is 1. The van der Waals surface area contributed by atoms with Gasteiger partial charge in [-0.2, -0.15) is 0 Å². The van der Waals surface area contributed by atoms with Gasteiger partial charge in [0, 0.05) is 80.1 Å². The molecule has 0 aliphatic carbocycles. The summed E-state index contributed by atoms with van der Waals surface area (Å²) in [7, 11) is 5.57. The van der Waals surface area contributed by atoms with E-state index in [1.807, 2.05) is 65.9 Å². The number of hydrazine groups is 1. The first-order chi connectivity index (χ1) is 32.3. The number of nitrogens with one attached hydrogen (secondary N) is 2. The number of cyclic esters (lactones) is 1. The number of hydrogen-bond donors (Lipinski definition) is 2. The lowest BCUT2D eigenvalue weighted by molar-refractivity contribution is -0.156. The summed E-state index contributed by atoms with van der Waals surface area (Å²) < 4.78 is 20.6. The molecule has 15 heteroatoms. The van der Waals surface area contributed by atoms with Crippen molar-refractivity contribution in [3.05, 3.63) is 47.8 Å². The fourth-order valence-electron chi connectivity index (χ4n) is 9.92. The second-order valence-corrected chi connectivity index (χ2v) is 21.3. The van der Waals surface area contributed by atoms with Crippen molar-refractivity contribution in [3.63, 3.8) is 0 Å². The Balaban J connectivity index is 1.16. The van der Waals surface area contributed by atoms with Crippen molar-refractivity contribution in [2.24, 2.45) is 23.2 Å². The number of carbonyl (C=O) groups is 4. The van der Waals surface area contributed by atoms with Crippen LogP contribution in [0.4, 0.5) is 5.69 Å². The van der Waals surface area contributed by atoms with Crippen molar-refractivity contribution in [1.82, 2.24) is 35.1 Å². The number of esters is 1. The first-order valence-electron chi connectivity index (χ1n) is 24.8. The number of carbonyl (C=O) groups excluding carboxylic acids is 4. The minimum absolute atomic E-state index is 0.0843. The number of piperidine rings is 1. The van der Waals surface area contributed by atoms with Gasteiger partial charge in [0.25, 0.3) is 11.8 Å². The Morgan fingerprint density at radius 3 is 2.53 bits per heavy atom. The summed E-state index contributed by atoms with van der Waals surface area (Å²) in [5.74, 6) is 4.16. The highest BCUT2D eigenvalue weighted by Crippen LogP contribution is 2.42. The molecule has 3 fully saturated rings. The summed E-state index contributed by atoms with van der Waals surface area (Å²) in [6, 6.07) is 9.32. The molecule has 0 unspecified atom stereocenters. The van der Waals surface area contributed by atoms with Crippen molar-refractivity contribution >= 4 is 40.3 Å². The van der Waals surface area contributed by atoms with E-state index in [-0.39, 0.29) is 55.0 Å². The summed E-state index contributed by atoms with van der Waals surface area (Å²) in [6.45, 7) is 20.2. The third-order valence-corrected chi connectivity index (χ3v) is 14.7. The van der Waals surface area contributed by atoms with Gasteiger partial charge in [0.1, 0.15) is 12.1 Å². The number of ether oxygens (including phenoxy) is 3. The molecule has 4 aliphatic heterocycles. The standard InChI is InChI=1S/C53H76N8O7/c1-12-60-45-20-19-37-27-40(45)41(48(60)39-17-13-23-54-47(39)35(4)66-11)28-52(5,6)33-68-51(65)43-18-15-25-61(56-43)50(64)44(26-36-16-14-24-58(37)29-36)55-49(63)42(34(2)3)32-67-38-30-59(31-38)46(62)21-22-53(7,8)57(9)10/h13,17,19-20,23,27,34-36,38,42-44,56H,12,14-16,18,24-26,28-33H2,1-11H3,(H,55,63)/t35-,36-,42-,43-,44-/m0/s1. The maximum Gasteiger partial charge on any atom is 0.324 e. The summed E-state index contributed by atoms with van der Waals surface area (Å²) in [6.07, 6.45) is 5.42.